The predicted octanol–water partition coefficient (Wildman–Crippen LogP) is 3.04. The van der Waals surface area contributed by atoms with Gasteiger partial charge in [-0.15, -0.1) is 0 Å². The average Bonchev–Trinajstić information content (AvgIpc) is 2.76. The van der Waals surface area contributed by atoms with E-state index in [0.717, 1.165) is 16.8 Å². The molecule has 0 aliphatic heterocycles. The van der Waals surface area contributed by atoms with Crippen LogP contribution in [0.3, 0.4) is 0 Å². The molecule has 0 bridgehead atoms. The molecule has 0 spiro atoms. The summed E-state index contributed by atoms with van der Waals surface area (Å²) in [5.74, 6) is 0. The first-order chi connectivity index (χ1) is 8.87. The molecule has 0 aliphatic carbocycles. The van der Waals surface area contributed by atoms with E-state index in [1.165, 1.54) is 4.68 Å². The monoisotopic (exact) mass is 259 g/mol. The molecular weight excluding hydrogens is 242 g/mol. The van der Waals surface area contributed by atoms with Crippen molar-refractivity contribution >= 4 is 6.09 Å². The molecule has 5 nitrogen and oxygen atoms in total. The maximum atomic E-state index is 11.8. The second-order valence-corrected chi connectivity index (χ2v) is 5.32. The van der Waals surface area contributed by atoms with Crippen molar-refractivity contribution in [1.82, 2.24) is 14.8 Å². The Balaban J connectivity index is 2.25. The largest absolute Gasteiger partial charge is 0.442 e. The fourth-order valence-corrected chi connectivity index (χ4v) is 1.64. The molecule has 5 heteroatoms. The fraction of sp³-hybridized carbons (Fsp3) is 0.357. The predicted molar refractivity (Wildman–Crippen MR) is 71.8 cm³/mol. The minimum atomic E-state index is -0.538. The van der Waals surface area contributed by atoms with Crippen LogP contribution < -0.4 is 0 Å². The number of hydrogen-bond acceptors (Lipinski definition) is 4. The van der Waals surface area contributed by atoms with E-state index in [9.17, 15) is 4.79 Å². The van der Waals surface area contributed by atoms with E-state index in [0.29, 0.717) is 0 Å². The Bertz CT molecular complexity index is 597. The van der Waals surface area contributed by atoms with E-state index in [4.69, 9.17) is 4.74 Å². The summed E-state index contributed by atoms with van der Waals surface area (Å²) in [5.41, 5.74) is 2.11. The summed E-state index contributed by atoms with van der Waals surface area (Å²) in [6.45, 7) is 7.42. The normalized spacial score (nSPS) is 11.4. The summed E-state index contributed by atoms with van der Waals surface area (Å²) in [5, 5.41) is 4.02. The van der Waals surface area contributed by atoms with Crippen LogP contribution in [0.2, 0.25) is 0 Å². The van der Waals surface area contributed by atoms with Crippen LogP contribution in [0.5, 0.6) is 0 Å². The summed E-state index contributed by atoms with van der Waals surface area (Å²) in [6.07, 6.45) is 4.46. The molecule has 100 valence electrons. The molecule has 0 fully saturated rings. The van der Waals surface area contributed by atoms with Gasteiger partial charge in [0.25, 0.3) is 0 Å². The minimum Gasteiger partial charge on any atom is -0.442 e. The summed E-state index contributed by atoms with van der Waals surface area (Å²) in [7, 11) is 0. The van der Waals surface area contributed by atoms with Gasteiger partial charge in [-0.05, 0) is 39.3 Å². The average molecular weight is 259 g/mol. The number of aromatic nitrogens is 3. The Hall–Kier alpha value is -2.17. The van der Waals surface area contributed by atoms with Crippen molar-refractivity contribution in [3.63, 3.8) is 0 Å². The second kappa shape index (κ2) is 4.84. The third-order valence-corrected chi connectivity index (χ3v) is 2.45. The first-order valence-electron chi connectivity index (χ1n) is 6.07. The van der Waals surface area contributed by atoms with Crippen molar-refractivity contribution in [3.05, 3.63) is 36.3 Å². The highest BCUT2D eigenvalue weighted by Gasteiger charge is 2.19. The summed E-state index contributed by atoms with van der Waals surface area (Å²) < 4.78 is 6.43. The van der Waals surface area contributed by atoms with Gasteiger partial charge in [-0.2, -0.15) is 9.78 Å². The van der Waals surface area contributed by atoms with Crippen LogP contribution in [-0.4, -0.2) is 26.5 Å². The highest BCUT2D eigenvalue weighted by atomic mass is 16.6. The van der Waals surface area contributed by atoms with E-state index in [2.05, 4.69) is 10.1 Å². The van der Waals surface area contributed by atoms with Gasteiger partial charge in [0.1, 0.15) is 5.60 Å². The zero-order valence-electron chi connectivity index (χ0n) is 11.5. The lowest BCUT2D eigenvalue weighted by atomic mass is 10.1. The topological polar surface area (TPSA) is 57.0 Å². The first kappa shape index (κ1) is 13.3. The lowest BCUT2D eigenvalue weighted by Crippen LogP contribution is -2.27. The third-order valence-electron chi connectivity index (χ3n) is 2.45. The van der Waals surface area contributed by atoms with Gasteiger partial charge in [0.15, 0.2) is 0 Å². The van der Waals surface area contributed by atoms with E-state index in [-0.39, 0.29) is 0 Å². The SMILES string of the molecule is Cc1cccnc1-c1cnn(C(=O)OC(C)(C)C)c1. The third kappa shape index (κ3) is 3.19. The quantitative estimate of drug-likeness (QED) is 0.789. The first-order valence-corrected chi connectivity index (χ1v) is 6.07. The van der Waals surface area contributed by atoms with Gasteiger partial charge < -0.3 is 4.74 Å². The molecule has 0 radical (unpaired) electrons. The molecule has 0 saturated heterocycles. The molecule has 2 aromatic rings. The number of ether oxygens (including phenoxy) is 1. The molecule has 0 saturated carbocycles. The number of rotatable bonds is 1. The van der Waals surface area contributed by atoms with Gasteiger partial charge in [-0.1, -0.05) is 6.07 Å². The summed E-state index contributed by atoms with van der Waals surface area (Å²) >= 11 is 0. The van der Waals surface area contributed by atoms with Crippen LogP contribution in [0.4, 0.5) is 4.79 Å². The van der Waals surface area contributed by atoms with Gasteiger partial charge in [0, 0.05) is 18.0 Å². The van der Waals surface area contributed by atoms with Crippen LogP contribution in [0, 0.1) is 6.92 Å². The number of aryl methyl sites for hydroxylation is 1. The Morgan fingerprint density at radius 3 is 2.74 bits per heavy atom. The van der Waals surface area contributed by atoms with Crippen molar-refractivity contribution in [3.8, 4) is 11.3 Å². The second-order valence-electron chi connectivity index (χ2n) is 5.32. The maximum Gasteiger partial charge on any atom is 0.435 e. The van der Waals surface area contributed by atoms with Crippen LogP contribution >= 0.6 is 0 Å². The van der Waals surface area contributed by atoms with E-state index >= 15 is 0 Å². The lowest BCUT2D eigenvalue weighted by Gasteiger charge is -2.18. The lowest BCUT2D eigenvalue weighted by molar-refractivity contribution is 0.0514. The molecule has 0 aliphatic rings. The smallest absolute Gasteiger partial charge is 0.435 e. The van der Waals surface area contributed by atoms with Crippen molar-refractivity contribution in [1.29, 1.82) is 0 Å². The molecule has 2 aromatic heterocycles. The van der Waals surface area contributed by atoms with E-state index in [1.54, 1.807) is 18.6 Å². The van der Waals surface area contributed by atoms with Gasteiger partial charge in [-0.25, -0.2) is 4.79 Å². The highest BCUT2D eigenvalue weighted by Crippen LogP contribution is 2.20. The molecule has 19 heavy (non-hydrogen) atoms. The van der Waals surface area contributed by atoms with Crippen LogP contribution in [-0.2, 0) is 4.74 Å². The van der Waals surface area contributed by atoms with Crippen molar-refractivity contribution < 1.29 is 9.53 Å². The number of pyridine rings is 1. The van der Waals surface area contributed by atoms with Gasteiger partial charge in [-0.3, -0.25) is 4.98 Å². The van der Waals surface area contributed by atoms with Gasteiger partial charge >= 0.3 is 6.09 Å². The number of carbonyl (C=O) groups is 1. The highest BCUT2D eigenvalue weighted by molar-refractivity contribution is 5.72. The molecular formula is C14H17N3O2. The fourth-order valence-electron chi connectivity index (χ4n) is 1.64. The number of carbonyl (C=O) groups excluding carboxylic acids is 1. The molecule has 0 N–H and O–H groups in total. The van der Waals surface area contributed by atoms with Crippen LogP contribution in [0.1, 0.15) is 26.3 Å². The van der Waals surface area contributed by atoms with Crippen LogP contribution in [0.15, 0.2) is 30.7 Å². The van der Waals surface area contributed by atoms with Crippen molar-refractivity contribution in [2.45, 2.75) is 33.3 Å². The maximum absolute atomic E-state index is 11.8. The molecule has 0 amide bonds. The zero-order valence-corrected chi connectivity index (χ0v) is 11.5. The molecule has 2 rings (SSSR count). The summed E-state index contributed by atoms with van der Waals surface area (Å²) in [4.78, 5) is 16.1. The van der Waals surface area contributed by atoms with Crippen molar-refractivity contribution in [2.24, 2.45) is 0 Å². The number of nitrogens with zero attached hydrogens (tertiary/aromatic N) is 3. The van der Waals surface area contributed by atoms with Crippen molar-refractivity contribution in [2.75, 3.05) is 0 Å². The number of hydrogen-bond donors (Lipinski definition) is 0. The van der Waals surface area contributed by atoms with E-state index in [1.807, 2.05) is 39.8 Å². The Morgan fingerprint density at radius 1 is 1.37 bits per heavy atom. The molecule has 2 heterocycles. The minimum absolute atomic E-state index is 0.493. The zero-order chi connectivity index (χ0) is 14.0. The molecule has 0 unspecified atom stereocenters. The van der Waals surface area contributed by atoms with E-state index < -0.39 is 11.7 Å². The van der Waals surface area contributed by atoms with Crippen LogP contribution in [0.25, 0.3) is 11.3 Å². The van der Waals surface area contributed by atoms with Gasteiger partial charge in [0.2, 0.25) is 0 Å². The Labute approximate surface area is 112 Å². The Kier molecular flexibility index (Phi) is 3.38. The standard InChI is InChI=1S/C14H17N3O2/c1-10-6-5-7-15-12(10)11-8-16-17(9-11)13(18)19-14(2,3)4/h5-9H,1-4H3. The summed E-state index contributed by atoms with van der Waals surface area (Å²) in [6, 6.07) is 3.84. The Morgan fingerprint density at radius 2 is 2.11 bits per heavy atom. The molecule has 0 aromatic carbocycles. The molecule has 0 atom stereocenters. The van der Waals surface area contributed by atoms with Gasteiger partial charge in [0.05, 0.1) is 11.9 Å².